The molecule has 2 heterocycles. The van der Waals surface area contributed by atoms with Gasteiger partial charge in [-0.3, -0.25) is 14.9 Å². The van der Waals surface area contributed by atoms with Gasteiger partial charge in [0.05, 0.1) is 35.1 Å². The van der Waals surface area contributed by atoms with Gasteiger partial charge in [-0.05, 0) is 31.2 Å². The largest absolute Gasteiger partial charge is 0.462 e. The average molecular weight is 419 g/mol. The third-order valence-corrected chi connectivity index (χ3v) is 4.93. The van der Waals surface area contributed by atoms with Crippen LogP contribution < -0.4 is 4.80 Å². The Morgan fingerprint density at radius 1 is 1.31 bits per heavy atom. The predicted octanol–water partition coefficient (Wildman–Crippen LogP) is 2.77. The van der Waals surface area contributed by atoms with Crippen LogP contribution in [0, 0.1) is 10.1 Å². The molecule has 3 aromatic rings. The maximum atomic E-state index is 12.4. The van der Waals surface area contributed by atoms with Gasteiger partial charge in [-0.25, -0.2) is 4.79 Å². The second kappa shape index (κ2) is 8.80. The van der Waals surface area contributed by atoms with Gasteiger partial charge in [0.25, 0.3) is 0 Å². The summed E-state index contributed by atoms with van der Waals surface area (Å²) in [6.07, 6.45) is 0. The number of nitrogens with zero attached hydrogens (tertiary/aromatic N) is 3. The van der Waals surface area contributed by atoms with Gasteiger partial charge in [0, 0.05) is 13.7 Å². The van der Waals surface area contributed by atoms with E-state index in [2.05, 4.69) is 4.99 Å². The maximum Gasteiger partial charge on any atom is 0.433 e. The minimum Gasteiger partial charge on any atom is -0.462 e. The molecule has 29 heavy (non-hydrogen) atoms. The van der Waals surface area contributed by atoms with Gasteiger partial charge in [-0.1, -0.05) is 11.3 Å². The molecule has 0 unspecified atom stereocenters. The van der Waals surface area contributed by atoms with Gasteiger partial charge < -0.3 is 18.5 Å². The van der Waals surface area contributed by atoms with Crippen molar-refractivity contribution in [2.75, 3.05) is 20.3 Å². The Labute approximate surface area is 168 Å². The van der Waals surface area contributed by atoms with Crippen molar-refractivity contribution in [2.24, 2.45) is 4.99 Å². The molecule has 1 aromatic carbocycles. The molecule has 0 saturated carbocycles. The molecule has 3 rings (SSSR count). The van der Waals surface area contributed by atoms with Crippen LogP contribution in [-0.2, 0) is 16.0 Å². The number of furan rings is 1. The first-order valence-corrected chi connectivity index (χ1v) is 9.39. The number of hydrogen-bond donors (Lipinski definition) is 0. The Kier molecular flexibility index (Phi) is 6.20. The number of nitro groups is 1. The van der Waals surface area contributed by atoms with Crippen molar-refractivity contribution < 1.29 is 28.4 Å². The number of ether oxygens (including phenoxy) is 2. The highest BCUT2D eigenvalue weighted by Crippen LogP contribution is 2.21. The van der Waals surface area contributed by atoms with Crippen LogP contribution in [0.25, 0.3) is 10.2 Å². The van der Waals surface area contributed by atoms with Crippen molar-refractivity contribution in [1.82, 2.24) is 4.57 Å². The zero-order chi connectivity index (χ0) is 21.0. The fraction of sp³-hybridized carbons (Fsp3) is 0.278. The van der Waals surface area contributed by atoms with Crippen molar-refractivity contribution in [3.63, 3.8) is 0 Å². The number of fused-ring (bicyclic) bond motifs is 1. The zero-order valence-electron chi connectivity index (χ0n) is 15.6. The van der Waals surface area contributed by atoms with Crippen LogP contribution >= 0.6 is 11.3 Å². The molecular formula is C18H17N3O7S. The molecule has 0 aliphatic heterocycles. The Morgan fingerprint density at radius 2 is 2.10 bits per heavy atom. The smallest absolute Gasteiger partial charge is 0.433 e. The Hall–Kier alpha value is -3.31. The van der Waals surface area contributed by atoms with Crippen LogP contribution in [0.15, 0.2) is 39.7 Å². The summed E-state index contributed by atoms with van der Waals surface area (Å²) in [5, 5.41) is 10.7. The highest BCUT2D eigenvalue weighted by atomic mass is 32.1. The number of thiazole rings is 1. The molecule has 0 saturated heterocycles. The van der Waals surface area contributed by atoms with E-state index >= 15 is 0 Å². The van der Waals surface area contributed by atoms with E-state index < -0.39 is 22.7 Å². The van der Waals surface area contributed by atoms with Crippen molar-refractivity contribution >= 4 is 39.3 Å². The quantitative estimate of drug-likeness (QED) is 0.327. The Morgan fingerprint density at radius 3 is 2.76 bits per heavy atom. The number of rotatable bonds is 7. The van der Waals surface area contributed by atoms with Gasteiger partial charge in [0.1, 0.15) is 4.92 Å². The SMILES string of the molecule is CCOC(=O)c1ccc2c(c1)sc(=NC(=O)c1ccc([N+](=O)[O-])o1)n2CCOC. The van der Waals surface area contributed by atoms with Crippen molar-refractivity contribution in [3.8, 4) is 0 Å². The van der Waals surface area contributed by atoms with E-state index in [1.54, 1.807) is 36.8 Å². The van der Waals surface area contributed by atoms with E-state index in [0.29, 0.717) is 23.5 Å². The molecule has 0 bridgehead atoms. The standard InChI is InChI=1S/C18H17N3O7S/c1-3-27-17(23)11-4-5-12-14(10-11)29-18(20(12)8-9-26-2)19-16(22)13-6-7-15(28-13)21(24)25/h4-7,10H,3,8-9H2,1-2H3. The topological polar surface area (TPSA) is 126 Å². The molecule has 152 valence electrons. The lowest BCUT2D eigenvalue weighted by molar-refractivity contribution is -0.402. The number of carbonyl (C=O) groups is 2. The first kappa shape index (κ1) is 20.4. The molecule has 1 amide bonds. The predicted molar refractivity (Wildman–Crippen MR) is 103 cm³/mol. The van der Waals surface area contributed by atoms with E-state index in [-0.39, 0.29) is 12.4 Å². The van der Waals surface area contributed by atoms with Crippen LogP contribution in [0.2, 0.25) is 0 Å². The van der Waals surface area contributed by atoms with Gasteiger partial charge in [-0.2, -0.15) is 4.99 Å². The summed E-state index contributed by atoms with van der Waals surface area (Å²) in [6, 6.07) is 7.35. The minimum atomic E-state index is -0.749. The van der Waals surface area contributed by atoms with Crippen molar-refractivity contribution in [1.29, 1.82) is 0 Å². The molecule has 2 aromatic heterocycles. The van der Waals surface area contributed by atoms with E-state index in [1.807, 2.05) is 0 Å². The monoisotopic (exact) mass is 419 g/mol. The number of esters is 1. The minimum absolute atomic E-state index is 0.236. The summed E-state index contributed by atoms with van der Waals surface area (Å²) in [5.74, 6) is -1.96. The van der Waals surface area contributed by atoms with Gasteiger partial charge in [0.15, 0.2) is 4.80 Å². The molecule has 0 radical (unpaired) electrons. The Bertz CT molecular complexity index is 1140. The lowest BCUT2D eigenvalue weighted by atomic mass is 10.2. The van der Waals surface area contributed by atoms with E-state index in [9.17, 15) is 19.7 Å². The summed E-state index contributed by atoms with van der Waals surface area (Å²) in [7, 11) is 1.55. The summed E-state index contributed by atoms with van der Waals surface area (Å²) >= 11 is 1.20. The van der Waals surface area contributed by atoms with Crippen LogP contribution in [0.5, 0.6) is 0 Å². The lowest BCUT2D eigenvalue weighted by Gasteiger charge is -2.05. The number of carbonyl (C=O) groups excluding carboxylic acids is 2. The van der Waals surface area contributed by atoms with E-state index in [1.165, 1.54) is 17.4 Å². The second-order valence-corrected chi connectivity index (χ2v) is 6.75. The summed E-state index contributed by atoms with van der Waals surface area (Å²) < 4.78 is 17.6. The van der Waals surface area contributed by atoms with Crippen molar-refractivity contribution in [3.05, 3.63) is 56.6 Å². The fourth-order valence-corrected chi connectivity index (χ4v) is 3.68. The molecule has 0 aliphatic rings. The normalized spacial score (nSPS) is 11.7. The van der Waals surface area contributed by atoms with E-state index in [4.69, 9.17) is 13.9 Å². The summed E-state index contributed by atoms with van der Waals surface area (Å²) in [6.45, 7) is 2.78. The van der Waals surface area contributed by atoms with Crippen LogP contribution in [0.4, 0.5) is 5.88 Å². The molecule has 11 heteroatoms. The second-order valence-electron chi connectivity index (χ2n) is 5.74. The van der Waals surface area contributed by atoms with Crippen LogP contribution in [0.1, 0.15) is 27.8 Å². The number of amides is 1. The highest BCUT2D eigenvalue weighted by Gasteiger charge is 2.18. The van der Waals surface area contributed by atoms with Gasteiger partial charge in [-0.15, -0.1) is 0 Å². The zero-order valence-corrected chi connectivity index (χ0v) is 16.4. The molecule has 0 fully saturated rings. The summed E-state index contributed by atoms with van der Waals surface area (Å²) in [4.78, 5) is 38.8. The van der Waals surface area contributed by atoms with Crippen molar-refractivity contribution in [2.45, 2.75) is 13.5 Å². The van der Waals surface area contributed by atoms with Crippen LogP contribution in [0.3, 0.4) is 0 Å². The number of hydrogen-bond acceptors (Lipinski definition) is 8. The molecule has 0 N–H and O–H groups in total. The average Bonchev–Trinajstić information content (AvgIpc) is 3.31. The van der Waals surface area contributed by atoms with Crippen LogP contribution in [-0.4, -0.2) is 41.7 Å². The third kappa shape index (κ3) is 4.41. The fourth-order valence-electron chi connectivity index (χ4n) is 2.58. The van der Waals surface area contributed by atoms with E-state index in [0.717, 1.165) is 16.3 Å². The molecule has 0 atom stereocenters. The first-order valence-electron chi connectivity index (χ1n) is 8.57. The first-order chi connectivity index (χ1) is 13.9. The molecule has 10 nitrogen and oxygen atoms in total. The highest BCUT2D eigenvalue weighted by molar-refractivity contribution is 7.16. The summed E-state index contributed by atoms with van der Waals surface area (Å²) in [5.41, 5.74) is 1.15. The lowest BCUT2D eigenvalue weighted by Crippen LogP contribution is -2.19. The number of methoxy groups -OCH3 is 1. The maximum absolute atomic E-state index is 12.4. The van der Waals surface area contributed by atoms with Gasteiger partial charge >= 0.3 is 17.8 Å². The molecule has 0 spiro atoms. The van der Waals surface area contributed by atoms with Gasteiger partial charge in [0.2, 0.25) is 5.76 Å². The molecule has 0 aliphatic carbocycles. The Balaban J connectivity index is 2.06. The number of benzene rings is 1. The third-order valence-electron chi connectivity index (χ3n) is 3.89. The number of aromatic nitrogens is 1. The molecular weight excluding hydrogens is 402 g/mol.